The van der Waals surface area contributed by atoms with E-state index in [0.29, 0.717) is 0 Å². The van der Waals surface area contributed by atoms with Crippen molar-refractivity contribution in [3.63, 3.8) is 0 Å². The van der Waals surface area contributed by atoms with Crippen LogP contribution in [0.2, 0.25) is 0 Å². The topological polar surface area (TPSA) is 15.3 Å². The summed E-state index contributed by atoms with van der Waals surface area (Å²) in [5, 5.41) is 4.37. The number of hydrogen-bond donors (Lipinski definition) is 1. The van der Waals surface area contributed by atoms with Crippen LogP contribution in [0.4, 0.5) is 0 Å². The molecule has 2 aliphatic rings. The van der Waals surface area contributed by atoms with E-state index in [2.05, 4.69) is 35.8 Å². The predicted molar refractivity (Wildman–Crippen MR) is 77.8 cm³/mol. The van der Waals surface area contributed by atoms with Gasteiger partial charge in [0, 0.05) is 30.1 Å². The normalized spacial score (nSPS) is 22.6. The molecule has 0 spiro atoms. The average molecular weight is 256 g/mol. The highest BCUT2D eigenvalue weighted by Crippen LogP contribution is 2.28. The summed E-state index contributed by atoms with van der Waals surface area (Å²) in [5.41, 5.74) is 0. The fraction of sp³-hybridized carbons (Fsp3) is 1.00. The van der Waals surface area contributed by atoms with Crippen molar-refractivity contribution in [1.82, 2.24) is 10.2 Å². The van der Waals surface area contributed by atoms with Crippen LogP contribution in [0.5, 0.6) is 0 Å². The number of nitrogens with one attached hydrogen (secondary N) is 1. The van der Waals surface area contributed by atoms with E-state index in [-0.39, 0.29) is 0 Å². The molecule has 0 radical (unpaired) electrons. The maximum Gasteiger partial charge on any atom is 0.00968 e. The third-order valence-electron chi connectivity index (χ3n) is 3.68. The van der Waals surface area contributed by atoms with Crippen LogP contribution < -0.4 is 5.32 Å². The number of nitrogens with zero attached hydrogens (tertiary/aromatic N) is 1. The second-order valence-electron chi connectivity index (χ2n) is 5.94. The van der Waals surface area contributed by atoms with Gasteiger partial charge in [-0.25, -0.2) is 0 Å². The Morgan fingerprint density at radius 1 is 1.18 bits per heavy atom. The SMILES string of the molecule is CC(C)CN(CCSC1CCNCC1)C1CC1. The second kappa shape index (κ2) is 7.01. The van der Waals surface area contributed by atoms with Gasteiger partial charge in [-0.05, 0) is 44.7 Å². The van der Waals surface area contributed by atoms with Crippen molar-refractivity contribution in [3.8, 4) is 0 Å². The first-order valence-electron chi connectivity index (χ1n) is 7.32. The van der Waals surface area contributed by atoms with Crippen molar-refractivity contribution < 1.29 is 0 Å². The summed E-state index contributed by atoms with van der Waals surface area (Å²) in [6.45, 7) is 9.77. The lowest BCUT2D eigenvalue weighted by atomic mass is 10.2. The minimum atomic E-state index is 0.819. The molecule has 0 aromatic rings. The Morgan fingerprint density at radius 2 is 1.88 bits per heavy atom. The average Bonchev–Trinajstić information content (AvgIpc) is 3.12. The van der Waals surface area contributed by atoms with Gasteiger partial charge in [-0.15, -0.1) is 0 Å². The first-order valence-corrected chi connectivity index (χ1v) is 8.37. The first kappa shape index (κ1) is 13.7. The lowest BCUT2D eigenvalue weighted by Crippen LogP contribution is -2.33. The van der Waals surface area contributed by atoms with E-state index < -0.39 is 0 Å². The highest BCUT2D eigenvalue weighted by molar-refractivity contribution is 7.99. The summed E-state index contributed by atoms with van der Waals surface area (Å²) in [4.78, 5) is 2.73. The Bertz CT molecular complexity index is 210. The number of hydrogen-bond acceptors (Lipinski definition) is 3. The maximum absolute atomic E-state index is 3.44. The Kier molecular flexibility index (Phi) is 5.64. The predicted octanol–water partition coefficient (Wildman–Crippen LogP) is 2.59. The Labute approximate surface area is 111 Å². The molecular weight excluding hydrogens is 228 g/mol. The van der Waals surface area contributed by atoms with Crippen molar-refractivity contribution in [2.24, 2.45) is 5.92 Å². The van der Waals surface area contributed by atoms with Gasteiger partial charge in [0.25, 0.3) is 0 Å². The van der Waals surface area contributed by atoms with Crippen LogP contribution in [0.3, 0.4) is 0 Å². The van der Waals surface area contributed by atoms with E-state index in [9.17, 15) is 0 Å². The summed E-state index contributed by atoms with van der Waals surface area (Å²) in [6.07, 6.45) is 5.64. The molecule has 100 valence electrons. The van der Waals surface area contributed by atoms with Crippen molar-refractivity contribution in [1.29, 1.82) is 0 Å². The van der Waals surface area contributed by atoms with Gasteiger partial charge in [-0.1, -0.05) is 13.8 Å². The number of piperidine rings is 1. The molecule has 3 heteroatoms. The van der Waals surface area contributed by atoms with Gasteiger partial charge in [-0.2, -0.15) is 11.8 Å². The van der Waals surface area contributed by atoms with Crippen LogP contribution in [0.15, 0.2) is 0 Å². The number of rotatable bonds is 7. The Balaban J connectivity index is 1.61. The standard InChI is InChI=1S/C14H28N2S/c1-12(2)11-16(13-3-4-13)9-10-17-14-5-7-15-8-6-14/h12-15H,3-11H2,1-2H3. The zero-order valence-electron chi connectivity index (χ0n) is 11.5. The van der Waals surface area contributed by atoms with Crippen LogP contribution in [0.1, 0.15) is 39.5 Å². The van der Waals surface area contributed by atoms with Crippen molar-refractivity contribution in [2.75, 3.05) is 31.9 Å². The van der Waals surface area contributed by atoms with Gasteiger partial charge in [0.15, 0.2) is 0 Å². The van der Waals surface area contributed by atoms with E-state index >= 15 is 0 Å². The van der Waals surface area contributed by atoms with Crippen LogP contribution in [0.25, 0.3) is 0 Å². The van der Waals surface area contributed by atoms with Crippen LogP contribution >= 0.6 is 11.8 Å². The van der Waals surface area contributed by atoms with Crippen molar-refractivity contribution in [2.45, 2.75) is 50.8 Å². The van der Waals surface area contributed by atoms with Crippen molar-refractivity contribution >= 4 is 11.8 Å². The lowest BCUT2D eigenvalue weighted by Gasteiger charge is -2.26. The van der Waals surface area contributed by atoms with Crippen LogP contribution in [-0.2, 0) is 0 Å². The largest absolute Gasteiger partial charge is 0.317 e. The van der Waals surface area contributed by atoms with Crippen LogP contribution in [0, 0.1) is 5.92 Å². The minimum absolute atomic E-state index is 0.819. The molecule has 0 amide bonds. The summed E-state index contributed by atoms with van der Waals surface area (Å²) in [5.74, 6) is 2.16. The quantitative estimate of drug-likeness (QED) is 0.754. The molecule has 1 N–H and O–H groups in total. The van der Waals surface area contributed by atoms with Gasteiger partial charge < -0.3 is 5.32 Å². The molecule has 2 rings (SSSR count). The van der Waals surface area contributed by atoms with E-state index in [4.69, 9.17) is 0 Å². The molecule has 17 heavy (non-hydrogen) atoms. The van der Waals surface area contributed by atoms with E-state index in [1.54, 1.807) is 0 Å². The van der Waals surface area contributed by atoms with Gasteiger partial charge >= 0.3 is 0 Å². The molecule has 1 aliphatic carbocycles. The lowest BCUT2D eigenvalue weighted by molar-refractivity contribution is 0.248. The van der Waals surface area contributed by atoms with E-state index in [1.807, 2.05) is 0 Å². The van der Waals surface area contributed by atoms with Crippen molar-refractivity contribution in [3.05, 3.63) is 0 Å². The third-order valence-corrected chi connectivity index (χ3v) is 5.04. The monoisotopic (exact) mass is 256 g/mol. The minimum Gasteiger partial charge on any atom is -0.317 e. The Hall–Kier alpha value is 0.270. The van der Waals surface area contributed by atoms with Gasteiger partial charge in [0.2, 0.25) is 0 Å². The highest BCUT2D eigenvalue weighted by atomic mass is 32.2. The molecule has 1 aliphatic heterocycles. The zero-order chi connectivity index (χ0) is 12.1. The smallest absolute Gasteiger partial charge is 0.00968 e. The first-order chi connectivity index (χ1) is 8.25. The fourth-order valence-corrected chi connectivity index (χ4v) is 3.87. The molecule has 1 heterocycles. The summed E-state index contributed by atoms with van der Waals surface area (Å²) >= 11 is 2.22. The summed E-state index contributed by atoms with van der Waals surface area (Å²) in [7, 11) is 0. The summed E-state index contributed by atoms with van der Waals surface area (Å²) < 4.78 is 0. The molecule has 0 aromatic heterocycles. The molecule has 2 fully saturated rings. The van der Waals surface area contributed by atoms with Gasteiger partial charge in [0.1, 0.15) is 0 Å². The Morgan fingerprint density at radius 3 is 2.47 bits per heavy atom. The van der Waals surface area contributed by atoms with E-state index in [1.165, 1.54) is 57.6 Å². The molecule has 0 atom stereocenters. The molecule has 0 unspecified atom stereocenters. The molecule has 2 nitrogen and oxygen atoms in total. The fourth-order valence-electron chi connectivity index (χ4n) is 2.63. The van der Waals surface area contributed by atoms with Crippen LogP contribution in [-0.4, -0.2) is 48.1 Å². The molecule has 1 saturated heterocycles. The molecular formula is C14H28N2S. The summed E-state index contributed by atoms with van der Waals surface area (Å²) in [6, 6.07) is 0.936. The molecule has 1 saturated carbocycles. The van der Waals surface area contributed by atoms with Gasteiger partial charge in [0.05, 0.1) is 0 Å². The molecule has 0 aromatic carbocycles. The maximum atomic E-state index is 3.44. The second-order valence-corrected chi connectivity index (χ2v) is 7.35. The van der Waals surface area contributed by atoms with E-state index in [0.717, 1.165) is 17.2 Å². The zero-order valence-corrected chi connectivity index (χ0v) is 12.3. The third kappa shape index (κ3) is 5.19. The molecule has 0 bridgehead atoms. The highest BCUT2D eigenvalue weighted by Gasteiger charge is 2.28. The number of thioether (sulfide) groups is 1. The van der Waals surface area contributed by atoms with Gasteiger partial charge in [-0.3, -0.25) is 4.90 Å².